The first kappa shape index (κ1) is 26.6. The highest BCUT2D eigenvalue weighted by molar-refractivity contribution is 7.17. The van der Waals surface area contributed by atoms with Crippen LogP contribution in [0.1, 0.15) is 81.8 Å². The lowest BCUT2D eigenvalue weighted by Crippen LogP contribution is -2.29. The summed E-state index contributed by atoms with van der Waals surface area (Å²) in [5, 5.41) is 0.689. The van der Waals surface area contributed by atoms with E-state index in [1.165, 1.54) is 4.90 Å². The van der Waals surface area contributed by atoms with E-state index in [9.17, 15) is 14.4 Å². The Hall–Kier alpha value is -3.98. The zero-order chi connectivity index (χ0) is 27.7. The number of unbranched alkanes of at least 4 members (excludes halogenated alkanes) is 2. The van der Waals surface area contributed by atoms with Crippen molar-refractivity contribution >= 4 is 39.3 Å². The van der Waals surface area contributed by atoms with Crippen LogP contribution in [0.2, 0.25) is 0 Å². The third-order valence-corrected chi connectivity index (χ3v) is 7.81. The van der Waals surface area contributed by atoms with Gasteiger partial charge in [-0.15, -0.1) is 0 Å². The Morgan fingerprint density at radius 3 is 2.69 bits per heavy atom. The summed E-state index contributed by atoms with van der Waals surface area (Å²) < 4.78 is 17.2. The molecule has 0 fully saturated rings. The van der Waals surface area contributed by atoms with E-state index in [0.717, 1.165) is 36.2 Å². The lowest BCUT2D eigenvalue weighted by molar-refractivity contribution is 0.0531. The molecule has 202 valence electrons. The number of carbonyl (C=O) groups excluding carboxylic acids is 2. The van der Waals surface area contributed by atoms with Gasteiger partial charge in [0.2, 0.25) is 5.76 Å². The SMILES string of the molecule is CCCCCOc1cccc(C2c3c(oc4ccc(C)cc4c3=O)C(=O)N2c2nc(C)c(C(=O)OCC)s2)c1. The van der Waals surface area contributed by atoms with Crippen molar-refractivity contribution in [2.75, 3.05) is 18.1 Å². The fourth-order valence-electron chi connectivity index (χ4n) is 4.79. The van der Waals surface area contributed by atoms with Crippen LogP contribution in [0.25, 0.3) is 11.0 Å². The Bertz CT molecular complexity index is 1620. The maximum absolute atomic E-state index is 13.9. The Balaban J connectivity index is 1.66. The predicted octanol–water partition coefficient (Wildman–Crippen LogP) is 6.36. The van der Waals surface area contributed by atoms with Gasteiger partial charge in [-0.2, -0.15) is 0 Å². The number of nitrogens with zero attached hydrogens (tertiary/aromatic N) is 2. The Kier molecular flexibility index (Phi) is 7.52. The number of ether oxygens (including phenoxy) is 2. The van der Waals surface area contributed by atoms with E-state index >= 15 is 0 Å². The summed E-state index contributed by atoms with van der Waals surface area (Å²) in [5.41, 5.74) is 2.35. The summed E-state index contributed by atoms with van der Waals surface area (Å²) in [6, 6.07) is 11.9. The molecule has 1 amide bonds. The van der Waals surface area contributed by atoms with Gasteiger partial charge in [0, 0.05) is 0 Å². The van der Waals surface area contributed by atoms with Crippen LogP contribution >= 0.6 is 11.3 Å². The van der Waals surface area contributed by atoms with Crippen LogP contribution in [0.5, 0.6) is 5.75 Å². The summed E-state index contributed by atoms with van der Waals surface area (Å²) in [4.78, 5) is 46.7. The molecule has 9 heteroatoms. The summed E-state index contributed by atoms with van der Waals surface area (Å²) in [6.45, 7) is 8.25. The van der Waals surface area contributed by atoms with Crippen LogP contribution in [0.4, 0.5) is 5.13 Å². The van der Waals surface area contributed by atoms with Gasteiger partial charge in [-0.3, -0.25) is 14.5 Å². The maximum atomic E-state index is 13.9. The van der Waals surface area contributed by atoms with Gasteiger partial charge >= 0.3 is 5.97 Å². The van der Waals surface area contributed by atoms with Crippen molar-refractivity contribution in [1.29, 1.82) is 0 Å². The molecule has 0 spiro atoms. The number of fused-ring (bicyclic) bond motifs is 2. The summed E-state index contributed by atoms with van der Waals surface area (Å²) in [6.07, 6.45) is 3.09. The minimum absolute atomic E-state index is 0.0267. The number of esters is 1. The first-order valence-corrected chi connectivity index (χ1v) is 13.9. The summed E-state index contributed by atoms with van der Waals surface area (Å²) in [7, 11) is 0. The number of carbonyl (C=O) groups is 2. The van der Waals surface area contributed by atoms with Crippen molar-refractivity contribution in [1.82, 2.24) is 4.98 Å². The number of thiazole rings is 1. The molecule has 5 rings (SSSR count). The summed E-state index contributed by atoms with van der Waals surface area (Å²) >= 11 is 1.06. The minimum Gasteiger partial charge on any atom is -0.494 e. The molecule has 0 N–H and O–H groups in total. The molecule has 0 aliphatic carbocycles. The van der Waals surface area contributed by atoms with E-state index in [0.29, 0.717) is 39.5 Å². The monoisotopic (exact) mass is 546 g/mol. The lowest BCUT2D eigenvalue weighted by atomic mass is 9.98. The fourth-order valence-corrected chi connectivity index (χ4v) is 5.77. The number of aryl methyl sites for hydroxylation is 2. The number of hydrogen-bond donors (Lipinski definition) is 0. The molecule has 8 nitrogen and oxygen atoms in total. The van der Waals surface area contributed by atoms with E-state index in [-0.39, 0.29) is 28.5 Å². The minimum atomic E-state index is -0.812. The van der Waals surface area contributed by atoms with E-state index in [2.05, 4.69) is 11.9 Å². The molecule has 2 aromatic carbocycles. The van der Waals surface area contributed by atoms with Crippen LogP contribution in [0.3, 0.4) is 0 Å². The highest BCUT2D eigenvalue weighted by Crippen LogP contribution is 2.43. The molecule has 0 radical (unpaired) electrons. The first-order valence-electron chi connectivity index (χ1n) is 13.1. The summed E-state index contributed by atoms with van der Waals surface area (Å²) in [5.74, 6) is -0.375. The highest BCUT2D eigenvalue weighted by atomic mass is 32.1. The van der Waals surface area contributed by atoms with Gasteiger partial charge in [0.1, 0.15) is 16.2 Å². The standard InChI is InChI=1S/C30H30N2O6S/c1-5-7-8-14-37-20-11-9-10-19(16-20)24-23-25(33)21-15-17(3)12-13-22(21)38-26(23)28(34)32(24)30-31-18(4)27(39-30)29(35)36-6-2/h9-13,15-16,24H,5-8,14H2,1-4H3. The molecule has 4 aromatic rings. The highest BCUT2D eigenvalue weighted by Gasteiger charge is 2.45. The molecular weight excluding hydrogens is 516 g/mol. The van der Waals surface area contributed by atoms with Crippen LogP contribution < -0.4 is 15.1 Å². The molecule has 0 saturated heterocycles. The van der Waals surface area contributed by atoms with Crippen LogP contribution in [0.15, 0.2) is 51.7 Å². The second-order valence-electron chi connectivity index (χ2n) is 9.51. The number of amides is 1. The van der Waals surface area contributed by atoms with E-state index in [1.54, 1.807) is 26.0 Å². The topological polar surface area (TPSA) is 98.9 Å². The molecule has 1 unspecified atom stereocenters. The van der Waals surface area contributed by atoms with Crippen molar-refractivity contribution in [3.63, 3.8) is 0 Å². The van der Waals surface area contributed by atoms with Crippen molar-refractivity contribution in [2.24, 2.45) is 0 Å². The fraction of sp³-hybridized carbons (Fsp3) is 0.333. The van der Waals surface area contributed by atoms with Gasteiger partial charge in [0.25, 0.3) is 5.91 Å². The van der Waals surface area contributed by atoms with E-state index in [1.807, 2.05) is 37.3 Å². The van der Waals surface area contributed by atoms with Crippen LogP contribution in [0, 0.1) is 13.8 Å². The largest absolute Gasteiger partial charge is 0.494 e. The third-order valence-electron chi connectivity index (χ3n) is 6.67. The van der Waals surface area contributed by atoms with Gasteiger partial charge in [-0.05, 0) is 57.0 Å². The van der Waals surface area contributed by atoms with E-state index < -0.39 is 17.9 Å². The van der Waals surface area contributed by atoms with Gasteiger partial charge in [-0.25, -0.2) is 9.78 Å². The van der Waals surface area contributed by atoms with Crippen LogP contribution in [-0.2, 0) is 4.74 Å². The Morgan fingerprint density at radius 2 is 1.92 bits per heavy atom. The van der Waals surface area contributed by atoms with Crippen LogP contribution in [-0.4, -0.2) is 30.1 Å². The number of anilines is 1. The second-order valence-corrected chi connectivity index (χ2v) is 10.5. The molecule has 1 atom stereocenters. The number of hydrogen-bond acceptors (Lipinski definition) is 8. The molecule has 3 heterocycles. The van der Waals surface area contributed by atoms with Crippen molar-refractivity contribution in [2.45, 2.75) is 53.0 Å². The van der Waals surface area contributed by atoms with Gasteiger partial charge in [0.15, 0.2) is 10.6 Å². The predicted molar refractivity (Wildman–Crippen MR) is 150 cm³/mol. The molecule has 39 heavy (non-hydrogen) atoms. The quantitative estimate of drug-likeness (QED) is 0.178. The molecular formula is C30H30N2O6S. The number of aromatic nitrogens is 1. The van der Waals surface area contributed by atoms with Gasteiger partial charge in [0.05, 0.1) is 35.9 Å². The average Bonchev–Trinajstić information content (AvgIpc) is 3.44. The Labute approximate surface area is 230 Å². The molecule has 0 saturated carbocycles. The Morgan fingerprint density at radius 1 is 1.10 bits per heavy atom. The average molecular weight is 547 g/mol. The molecule has 2 aromatic heterocycles. The zero-order valence-corrected chi connectivity index (χ0v) is 23.2. The smallest absolute Gasteiger partial charge is 0.350 e. The molecule has 1 aliphatic rings. The van der Waals surface area contributed by atoms with Crippen molar-refractivity contribution < 1.29 is 23.5 Å². The van der Waals surface area contributed by atoms with Gasteiger partial charge in [-0.1, -0.05) is 54.9 Å². The van der Waals surface area contributed by atoms with Crippen molar-refractivity contribution in [3.05, 3.63) is 85.7 Å². The second kappa shape index (κ2) is 11.0. The number of benzene rings is 2. The first-order chi connectivity index (χ1) is 18.8. The maximum Gasteiger partial charge on any atom is 0.350 e. The number of rotatable bonds is 9. The zero-order valence-electron chi connectivity index (χ0n) is 22.4. The molecule has 1 aliphatic heterocycles. The molecule has 0 bridgehead atoms. The third kappa shape index (κ3) is 4.94. The van der Waals surface area contributed by atoms with E-state index in [4.69, 9.17) is 13.9 Å². The lowest BCUT2D eigenvalue weighted by Gasteiger charge is -2.23. The van der Waals surface area contributed by atoms with Gasteiger partial charge < -0.3 is 13.9 Å². The van der Waals surface area contributed by atoms with Crippen molar-refractivity contribution in [3.8, 4) is 5.75 Å². The normalized spacial score (nSPS) is 14.6.